The Bertz CT molecular complexity index is 1270. The highest BCUT2D eigenvalue weighted by Crippen LogP contribution is 2.26. The third-order valence-corrected chi connectivity index (χ3v) is 8.50. The van der Waals surface area contributed by atoms with Gasteiger partial charge in [-0.1, -0.05) is 41.9 Å². The topological polar surface area (TPSA) is 90.5 Å². The Hall–Kier alpha value is -3.59. The lowest BCUT2D eigenvalue weighted by Gasteiger charge is -2.31. The first-order valence-corrected chi connectivity index (χ1v) is 15.7. The maximum atomic E-state index is 13.8. The summed E-state index contributed by atoms with van der Waals surface area (Å²) in [6.07, 6.45) is 4.98. The SMILES string of the molecule is CN1CCCCN(C(=O)CCN2CCCC2=O)CCCCOc2ccc(Cl)cc2C(=O)N(C)[C@@H](Cc2ccccc2)C1=O. The molecule has 1 fully saturated rings. The molecular weight excluding hydrogens is 568 g/mol. The molecule has 0 aromatic heterocycles. The molecule has 2 aliphatic rings. The second-order valence-corrected chi connectivity index (χ2v) is 11.8. The summed E-state index contributed by atoms with van der Waals surface area (Å²) in [6.45, 7) is 3.22. The highest BCUT2D eigenvalue weighted by molar-refractivity contribution is 6.31. The zero-order valence-electron chi connectivity index (χ0n) is 25.3. The number of halogens is 1. The van der Waals surface area contributed by atoms with Gasteiger partial charge in [-0.2, -0.15) is 0 Å². The van der Waals surface area contributed by atoms with Crippen LogP contribution in [0.1, 0.15) is 60.9 Å². The molecule has 0 spiro atoms. The van der Waals surface area contributed by atoms with Gasteiger partial charge in [-0.3, -0.25) is 19.2 Å². The number of hydrogen-bond acceptors (Lipinski definition) is 5. The third-order valence-electron chi connectivity index (χ3n) is 8.26. The number of fused-ring (bicyclic) bond motifs is 1. The lowest BCUT2D eigenvalue weighted by atomic mass is 10.0. The van der Waals surface area contributed by atoms with Crippen molar-refractivity contribution in [1.82, 2.24) is 19.6 Å². The number of hydrogen-bond donors (Lipinski definition) is 0. The average molecular weight is 611 g/mol. The van der Waals surface area contributed by atoms with Crippen molar-refractivity contribution in [1.29, 1.82) is 0 Å². The van der Waals surface area contributed by atoms with E-state index in [-0.39, 0.29) is 23.6 Å². The number of likely N-dealkylation sites (N-methyl/N-ethyl adjacent to an activating group) is 2. The molecule has 1 atom stereocenters. The van der Waals surface area contributed by atoms with Crippen LogP contribution in [0.5, 0.6) is 5.75 Å². The fourth-order valence-corrected chi connectivity index (χ4v) is 5.82. The van der Waals surface area contributed by atoms with Crippen LogP contribution in [-0.4, -0.2) is 103 Å². The van der Waals surface area contributed by atoms with Gasteiger partial charge < -0.3 is 24.3 Å². The van der Waals surface area contributed by atoms with Crippen LogP contribution in [-0.2, 0) is 20.8 Å². The highest BCUT2D eigenvalue weighted by Gasteiger charge is 2.31. The zero-order valence-corrected chi connectivity index (χ0v) is 26.1. The van der Waals surface area contributed by atoms with Crippen molar-refractivity contribution in [2.75, 3.05) is 53.4 Å². The fraction of sp³-hybridized carbons (Fsp3) is 0.515. The Morgan fingerprint density at radius 1 is 0.907 bits per heavy atom. The summed E-state index contributed by atoms with van der Waals surface area (Å²) in [5, 5.41) is 0.405. The van der Waals surface area contributed by atoms with Gasteiger partial charge in [0.05, 0.1) is 12.2 Å². The van der Waals surface area contributed by atoms with Gasteiger partial charge >= 0.3 is 0 Å². The maximum absolute atomic E-state index is 13.8. The van der Waals surface area contributed by atoms with Crippen molar-refractivity contribution in [2.45, 2.75) is 57.4 Å². The largest absolute Gasteiger partial charge is 0.493 e. The number of amides is 4. The number of carbonyl (C=O) groups is 4. The first kappa shape index (κ1) is 32.3. The Balaban J connectivity index is 1.52. The fourth-order valence-electron chi connectivity index (χ4n) is 5.65. The van der Waals surface area contributed by atoms with Crippen LogP contribution in [0.25, 0.3) is 0 Å². The molecule has 0 aliphatic carbocycles. The first-order valence-electron chi connectivity index (χ1n) is 15.3. The Morgan fingerprint density at radius 2 is 1.63 bits per heavy atom. The van der Waals surface area contributed by atoms with Crippen LogP contribution in [0.15, 0.2) is 48.5 Å². The van der Waals surface area contributed by atoms with Gasteiger partial charge in [-0.05, 0) is 55.9 Å². The quantitative estimate of drug-likeness (QED) is 0.504. The molecule has 0 unspecified atom stereocenters. The lowest BCUT2D eigenvalue weighted by molar-refractivity contribution is -0.135. The minimum absolute atomic E-state index is 0.0399. The second kappa shape index (κ2) is 15.8. The predicted molar refractivity (Wildman–Crippen MR) is 166 cm³/mol. The molecule has 10 heteroatoms. The van der Waals surface area contributed by atoms with Crippen molar-refractivity contribution >= 4 is 35.2 Å². The van der Waals surface area contributed by atoms with Gasteiger partial charge in [0, 0.05) is 71.1 Å². The van der Waals surface area contributed by atoms with Gasteiger partial charge in [-0.15, -0.1) is 0 Å². The van der Waals surface area contributed by atoms with E-state index in [1.807, 2.05) is 35.2 Å². The molecule has 232 valence electrons. The molecule has 4 amide bonds. The van der Waals surface area contributed by atoms with Crippen LogP contribution in [0, 0.1) is 0 Å². The van der Waals surface area contributed by atoms with Crippen molar-refractivity contribution in [3.05, 3.63) is 64.7 Å². The smallest absolute Gasteiger partial charge is 0.258 e. The summed E-state index contributed by atoms with van der Waals surface area (Å²) in [5.41, 5.74) is 1.26. The summed E-state index contributed by atoms with van der Waals surface area (Å²) in [5.74, 6) is 0.0819. The van der Waals surface area contributed by atoms with E-state index in [9.17, 15) is 19.2 Å². The van der Waals surface area contributed by atoms with Gasteiger partial charge in [0.15, 0.2) is 0 Å². The van der Waals surface area contributed by atoms with E-state index in [2.05, 4.69) is 0 Å². The number of nitrogens with zero attached hydrogens (tertiary/aromatic N) is 4. The molecule has 2 aromatic rings. The normalized spacial score (nSPS) is 19.7. The average Bonchev–Trinajstić information content (AvgIpc) is 3.43. The molecule has 9 nitrogen and oxygen atoms in total. The molecule has 4 rings (SSSR count). The van der Waals surface area contributed by atoms with Crippen LogP contribution < -0.4 is 4.74 Å². The molecule has 2 aromatic carbocycles. The van der Waals surface area contributed by atoms with E-state index in [0.29, 0.717) is 81.2 Å². The minimum atomic E-state index is -0.728. The molecule has 43 heavy (non-hydrogen) atoms. The standard InChI is InChI=1S/C33H43ClN4O5/c1-35-17-6-7-18-37(31(40)16-21-38-20-10-13-30(38)39)19-8-9-22-43-29-15-14-26(34)24-27(29)32(41)36(2)28(33(35)42)23-25-11-4-3-5-12-25/h3-5,11-12,14-15,24,28H,6-10,13,16-23H2,1-2H3/t28-/m0/s1. The highest BCUT2D eigenvalue weighted by atomic mass is 35.5. The summed E-state index contributed by atoms with van der Waals surface area (Å²) >= 11 is 6.30. The van der Waals surface area contributed by atoms with Crippen molar-refractivity contribution < 1.29 is 23.9 Å². The summed E-state index contributed by atoms with van der Waals surface area (Å²) in [7, 11) is 3.41. The molecule has 0 radical (unpaired) electrons. The summed E-state index contributed by atoms with van der Waals surface area (Å²) in [4.78, 5) is 59.7. The van der Waals surface area contributed by atoms with Gasteiger partial charge in [-0.25, -0.2) is 0 Å². The molecule has 1 saturated heterocycles. The van der Waals surface area contributed by atoms with E-state index in [1.165, 1.54) is 4.90 Å². The molecule has 2 aliphatic heterocycles. The van der Waals surface area contributed by atoms with E-state index in [1.54, 1.807) is 42.1 Å². The van der Waals surface area contributed by atoms with Crippen molar-refractivity contribution in [3.63, 3.8) is 0 Å². The summed E-state index contributed by atoms with van der Waals surface area (Å²) < 4.78 is 6.06. The van der Waals surface area contributed by atoms with Crippen LogP contribution in [0.3, 0.4) is 0 Å². The third kappa shape index (κ3) is 8.95. The Labute approximate surface area is 259 Å². The van der Waals surface area contributed by atoms with Gasteiger partial charge in [0.2, 0.25) is 17.7 Å². The number of carbonyl (C=O) groups excluding carboxylic acids is 4. The van der Waals surface area contributed by atoms with Gasteiger partial charge in [0.1, 0.15) is 11.8 Å². The molecule has 0 saturated carbocycles. The first-order chi connectivity index (χ1) is 20.7. The molecule has 2 heterocycles. The molecule has 0 bridgehead atoms. The van der Waals surface area contributed by atoms with E-state index < -0.39 is 6.04 Å². The van der Waals surface area contributed by atoms with Crippen LogP contribution in [0.2, 0.25) is 5.02 Å². The summed E-state index contributed by atoms with van der Waals surface area (Å²) in [6, 6.07) is 13.9. The number of likely N-dealkylation sites (tertiary alicyclic amines) is 1. The lowest BCUT2D eigenvalue weighted by Crippen LogP contribution is -2.49. The Kier molecular flexibility index (Phi) is 11.8. The number of rotatable bonds is 5. The number of ether oxygens (including phenoxy) is 1. The van der Waals surface area contributed by atoms with Crippen molar-refractivity contribution in [3.8, 4) is 5.75 Å². The Morgan fingerprint density at radius 3 is 2.35 bits per heavy atom. The maximum Gasteiger partial charge on any atom is 0.258 e. The minimum Gasteiger partial charge on any atom is -0.493 e. The van der Waals surface area contributed by atoms with Crippen LogP contribution >= 0.6 is 11.6 Å². The second-order valence-electron chi connectivity index (χ2n) is 11.4. The zero-order chi connectivity index (χ0) is 30.8. The number of benzene rings is 2. The molecule has 0 N–H and O–H groups in total. The van der Waals surface area contributed by atoms with Gasteiger partial charge in [0.25, 0.3) is 5.91 Å². The van der Waals surface area contributed by atoms with Crippen LogP contribution in [0.4, 0.5) is 0 Å². The molecular formula is C33H43ClN4O5. The predicted octanol–water partition coefficient (Wildman–Crippen LogP) is 4.28. The monoisotopic (exact) mass is 610 g/mol. The van der Waals surface area contributed by atoms with E-state index >= 15 is 0 Å². The van der Waals surface area contributed by atoms with E-state index in [4.69, 9.17) is 16.3 Å². The van der Waals surface area contributed by atoms with E-state index in [0.717, 1.165) is 31.4 Å². The van der Waals surface area contributed by atoms with Crippen molar-refractivity contribution in [2.24, 2.45) is 0 Å².